The SMILES string of the molecule is CCCN(CC1CC1)C(=O)C(C)C(C)N.Cl. The Morgan fingerprint density at radius 1 is 1.44 bits per heavy atom. The van der Waals surface area contributed by atoms with Gasteiger partial charge in [-0.25, -0.2) is 0 Å². The molecule has 16 heavy (non-hydrogen) atoms. The van der Waals surface area contributed by atoms with Gasteiger partial charge in [0.15, 0.2) is 0 Å². The number of amides is 1. The van der Waals surface area contributed by atoms with Gasteiger partial charge in [0.25, 0.3) is 0 Å². The lowest BCUT2D eigenvalue weighted by molar-refractivity contribution is -0.135. The molecule has 0 radical (unpaired) electrons. The van der Waals surface area contributed by atoms with Gasteiger partial charge in [0.1, 0.15) is 0 Å². The van der Waals surface area contributed by atoms with Crippen molar-refractivity contribution in [3.63, 3.8) is 0 Å². The van der Waals surface area contributed by atoms with E-state index in [9.17, 15) is 4.79 Å². The van der Waals surface area contributed by atoms with Gasteiger partial charge in [-0.2, -0.15) is 0 Å². The highest BCUT2D eigenvalue weighted by atomic mass is 35.5. The molecule has 1 aliphatic carbocycles. The van der Waals surface area contributed by atoms with Gasteiger partial charge in [-0.15, -0.1) is 12.4 Å². The third-order valence-corrected chi connectivity index (χ3v) is 3.16. The molecule has 1 fully saturated rings. The van der Waals surface area contributed by atoms with Gasteiger partial charge in [-0.1, -0.05) is 13.8 Å². The minimum Gasteiger partial charge on any atom is -0.342 e. The van der Waals surface area contributed by atoms with Crippen LogP contribution >= 0.6 is 12.4 Å². The summed E-state index contributed by atoms with van der Waals surface area (Å²) in [6.07, 6.45) is 3.62. The number of hydrogen-bond acceptors (Lipinski definition) is 2. The van der Waals surface area contributed by atoms with Gasteiger partial charge in [-0.05, 0) is 32.1 Å². The number of carbonyl (C=O) groups excluding carboxylic acids is 1. The monoisotopic (exact) mass is 248 g/mol. The van der Waals surface area contributed by atoms with E-state index in [0.29, 0.717) is 0 Å². The molecule has 1 saturated carbocycles. The summed E-state index contributed by atoms with van der Waals surface area (Å²) in [4.78, 5) is 14.1. The Kier molecular flexibility index (Phi) is 7.00. The minimum atomic E-state index is -0.0460. The van der Waals surface area contributed by atoms with E-state index < -0.39 is 0 Å². The molecule has 0 aliphatic heterocycles. The Morgan fingerprint density at radius 2 is 2.00 bits per heavy atom. The lowest BCUT2D eigenvalue weighted by Gasteiger charge is -2.27. The number of rotatable bonds is 6. The summed E-state index contributed by atoms with van der Waals surface area (Å²) in [6, 6.07) is -0.0453. The lowest BCUT2D eigenvalue weighted by atomic mass is 10.0. The van der Waals surface area contributed by atoms with Gasteiger partial charge in [0.05, 0.1) is 5.92 Å². The average Bonchev–Trinajstić information content (AvgIpc) is 2.98. The average molecular weight is 249 g/mol. The van der Waals surface area contributed by atoms with Crippen LogP contribution in [0.1, 0.15) is 40.0 Å². The fourth-order valence-electron chi connectivity index (χ4n) is 1.69. The first kappa shape index (κ1) is 15.7. The molecule has 3 nitrogen and oxygen atoms in total. The molecule has 0 aromatic heterocycles. The van der Waals surface area contributed by atoms with Crippen LogP contribution in [0.4, 0.5) is 0 Å². The second-order valence-corrected chi connectivity index (χ2v) is 4.88. The maximum atomic E-state index is 12.1. The Bertz CT molecular complexity index is 217. The molecular formula is C12H25ClN2O. The van der Waals surface area contributed by atoms with Crippen LogP contribution in [0.25, 0.3) is 0 Å². The summed E-state index contributed by atoms with van der Waals surface area (Å²) < 4.78 is 0. The Hall–Kier alpha value is -0.280. The Labute approximate surface area is 105 Å². The molecule has 0 spiro atoms. The first-order valence-electron chi connectivity index (χ1n) is 6.10. The van der Waals surface area contributed by atoms with Crippen molar-refractivity contribution >= 4 is 18.3 Å². The van der Waals surface area contributed by atoms with Crippen molar-refractivity contribution in [2.45, 2.75) is 46.1 Å². The topological polar surface area (TPSA) is 46.3 Å². The third-order valence-electron chi connectivity index (χ3n) is 3.16. The molecular weight excluding hydrogens is 224 g/mol. The molecule has 96 valence electrons. The summed E-state index contributed by atoms with van der Waals surface area (Å²) in [7, 11) is 0. The Balaban J connectivity index is 0.00000225. The van der Waals surface area contributed by atoms with Crippen molar-refractivity contribution in [3.05, 3.63) is 0 Å². The van der Waals surface area contributed by atoms with Crippen LogP contribution in [0, 0.1) is 11.8 Å². The van der Waals surface area contributed by atoms with Gasteiger partial charge in [0.2, 0.25) is 5.91 Å². The molecule has 1 rings (SSSR count). The standard InChI is InChI=1S/C12H24N2O.ClH/c1-4-7-14(8-11-5-6-11)12(15)9(2)10(3)13;/h9-11H,4-8,13H2,1-3H3;1H. The molecule has 2 atom stereocenters. The lowest BCUT2D eigenvalue weighted by Crippen LogP contribution is -2.42. The van der Waals surface area contributed by atoms with Gasteiger partial charge in [0, 0.05) is 19.1 Å². The van der Waals surface area contributed by atoms with Crippen molar-refractivity contribution in [3.8, 4) is 0 Å². The Morgan fingerprint density at radius 3 is 2.38 bits per heavy atom. The zero-order chi connectivity index (χ0) is 11.4. The first-order valence-corrected chi connectivity index (χ1v) is 6.10. The van der Waals surface area contributed by atoms with E-state index >= 15 is 0 Å². The van der Waals surface area contributed by atoms with Crippen LogP contribution in [-0.4, -0.2) is 29.9 Å². The highest BCUT2D eigenvalue weighted by molar-refractivity contribution is 5.85. The van der Waals surface area contributed by atoms with Crippen molar-refractivity contribution in [1.29, 1.82) is 0 Å². The molecule has 2 unspecified atom stereocenters. The predicted molar refractivity (Wildman–Crippen MR) is 69.7 cm³/mol. The minimum absolute atomic E-state index is 0. The highest BCUT2D eigenvalue weighted by Gasteiger charge is 2.29. The fourth-order valence-corrected chi connectivity index (χ4v) is 1.69. The third kappa shape index (κ3) is 4.71. The number of hydrogen-bond donors (Lipinski definition) is 1. The number of nitrogens with zero attached hydrogens (tertiary/aromatic N) is 1. The van der Waals surface area contributed by atoms with Gasteiger partial charge < -0.3 is 10.6 Å². The number of halogens is 1. The largest absolute Gasteiger partial charge is 0.342 e. The quantitative estimate of drug-likeness (QED) is 0.782. The maximum Gasteiger partial charge on any atom is 0.226 e. The van der Waals surface area contributed by atoms with Crippen LogP contribution in [0.3, 0.4) is 0 Å². The van der Waals surface area contributed by atoms with Crippen molar-refractivity contribution in [2.24, 2.45) is 17.6 Å². The zero-order valence-corrected chi connectivity index (χ0v) is 11.4. The van der Waals surface area contributed by atoms with E-state index in [1.165, 1.54) is 12.8 Å². The van der Waals surface area contributed by atoms with E-state index in [1.807, 2.05) is 18.7 Å². The zero-order valence-electron chi connectivity index (χ0n) is 10.6. The molecule has 0 heterocycles. The second kappa shape index (κ2) is 7.13. The van der Waals surface area contributed by atoms with Crippen LogP contribution in [0.2, 0.25) is 0 Å². The van der Waals surface area contributed by atoms with Crippen LogP contribution in [-0.2, 0) is 4.79 Å². The summed E-state index contributed by atoms with van der Waals surface area (Å²) >= 11 is 0. The fraction of sp³-hybridized carbons (Fsp3) is 0.917. The van der Waals surface area contributed by atoms with Crippen LogP contribution in [0.5, 0.6) is 0 Å². The number of carbonyl (C=O) groups is 1. The van der Waals surface area contributed by atoms with E-state index in [1.54, 1.807) is 0 Å². The number of nitrogens with two attached hydrogens (primary N) is 1. The molecule has 0 saturated heterocycles. The molecule has 0 bridgehead atoms. The predicted octanol–water partition coefficient (Wildman–Crippen LogP) is 2.04. The van der Waals surface area contributed by atoms with Crippen LogP contribution < -0.4 is 5.73 Å². The highest BCUT2D eigenvalue weighted by Crippen LogP contribution is 2.30. The molecule has 4 heteroatoms. The van der Waals surface area contributed by atoms with Crippen molar-refractivity contribution in [1.82, 2.24) is 4.90 Å². The molecule has 1 aliphatic rings. The van der Waals surface area contributed by atoms with Crippen LogP contribution in [0.15, 0.2) is 0 Å². The first-order chi connectivity index (χ1) is 7.06. The second-order valence-electron chi connectivity index (χ2n) is 4.88. The van der Waals surface area contributed by atoms with Gasteiger partial charge >= 0.3 is 0 Å². The normalized spacial score (nSPS) is 18.5. The summed E-state index contributed by atoms with van der Waals surface area (Å²) in [5.41, 5.74) is 5.77. The summed E-state index contributed by atoms with van der Waals surface area (Å²) in [5.74, 6) is 0.954. The molecule has 1 amide bonds. The van der Waals surface area contributed by atoms with E-state index in [4.69, 9.17) is 5.73 Å². The van der Waals surface area contributed by atoms with Crippen molar-refractivity contribution in [2.75, 3.05) is 13.1 Å². The molecule has 0 aromatic carbocycles. The van der Waals surface area contributed by atoms with E-state index in [2.05, 4.69) is 6.92 Å². The van der Waals surface area contributed by atoms with E-state index in [-0.39, 0.29) is 30.3 Å². The summed E-state index contributed by atoms with van der Waals surface area (Å²) in [6.45, 7) is 7.78. The van der Waals surface area contributed by atoms with E-state index in [0.717, 1.165) is 25.4 Å². The van der Waals surface area contributed by atoms with Gasteiger partial charge in [-0.3, -0.25) is 4.79 Å². The summed E-state index contributed by atoms with van der Waals surface area (Å²) in [5, 5.41) is 0. The molecule has 0 aromatic rings. The smallest absolute Gasteiger partial charge is 0.226 e. The molecule has 2 N–H and O–H groups in total. The maximum absolute atomic E-state index is 12.1. The van der Waals surface area contributed by atoms with Crippen molar-refractivity contribution < 1.29 is 4.79 Å².